The summed E-state index contributed by atoms with van der Waals surface area (Å²) in [6, 6.07) is 9.34. The van der Waals surface area contributed by atoms with E-state index in [1.807, 2.05) is 30.3 Å². The van der Waals surface area contributed by atoms with Crippen molar-refractivity contribution >= 4 is 17.8 Å². The van der Waals surface area contributed by atoms with E-state index >= 15 is 0 Å². The smallest absolute Gasteiger partial charge is 0.310 e. The SMILES string of the molecule is COC(=O)C1[C@]2(C)C(=O)N(Cc3ccccc3)C(=O)[C@]12C. The molecule has 2 fully saturated rings. The van der Waals surface area contributed by atoms with Crippen molar-refractivity contribution in [2.75, 3.05) is 7.11 Å². The van der Waals surface area contributed by atoms with Crippen LogP contribution < -0.4 is 0 Å². The Morgan fingerprint density at radius 1 is 1.14 bits per heavy atom. The first-order valence-corrected chi connectivity index (χ1v) is 6.87. The second-order valence-electron chi connectivity index (χ2n) is 6.04. The standard InChI is InChI=1S/C16H17NO4/c1-15-11(12(18)21-3)16(15,2)14(20)17(13(15)19)9-10-7-5-4-6-8-10/h4-8,11H,9H2,1-3H3/t11?,15-,16+. The molecule has 2 amide bonds. The zero-order valence-corrected chi connectivity index (χ0v) is 12.3. The third kappa shape index (κ3) is 1.49. The van der Waals surface area contributed by atoms with Crippen molar-refractivity contribution < 1.29 is 19.1 Å². The molecule has 1 aliphatic carbocycles. The summed E-state index contributed by atoms with van der Waals surface area (Å²) in [5.74, 6) is -1.72. The van der Waals surface area contributed by atoms with Gasteiger partial charge in [0.25, 0.3) is 0 Å². The fourth-order valence-electron chi connectivity index (χ4n) is 3.64. The molecule has 3 rings (SSSR count). The molecule has 2 aliphatic rings. The highest BCUT2D eigenvalue weighted by Crippen LogP contribution is 2.74. The zero-order valence-electron chi connectivity index (χ0n) is 12.3. The first-order valence-electron chi connectivity index (χ1n) is 6.87. The minimum Gasteiger partial charge on any atom is -0.469 e. The van der Waals surface area contributed by atoms with Gasteiger partial charge < -0.3 is 4.74 Å². The van der Waals surface area contributed by atoms with Gasteiger partial charge in [-0.15, -0.1) is 0 Å². The number of imide groups is 1. The van der Waals surface area contributed by atoms with Gasteiger partial charge in [0.1, 0.15) is 0 Å². The molecule has 1 saturated carbocycles. The number of ether oxygens (including phenoxy) is 1. The summed E-state index contributed by atoms with van der Waals surface area (Å²) in [4.78, 5) is 38.3. The van der Waals surface area contributed by atoms with Gasteiger partial charge in [-0.2, -0.15) is 0 Å². The molecule has 1 aromatic rings. The van der Waals surface area contributed by atoms with E-state index in [0.29, 0.717) is 0 Å². The van der Waals surface area contributed by atoms with Crippen molar-refractivity contribution in [1.29, 1.82) is 0 Å². The maximum Gasteiger partial charge on any atom is 0.310 e. The van der Waals surface area contributed by atoms with E-state index in [2.05, 4.69) is 0 Å². The summed E-state index contributed by atoms with van der Waals surface area (Å²) in [6.45, 7) is 3.61. The van der Waals surface area contributed by atoms with Crippen LogP contribution in [0.15, 0.2) is 30.3 Å². The molecule has 21 heavy (non-hydrogen) atoms. The van der Waals surface area contributed by atoms with Crippen LogP contribution in [0.5, 0.6) is 0 Å². The van der Waals surface area contributed by atoms with Gasteiger partial charge in [-0.25, -0.2) is 0 Å². The highest BCUT2D eigenvalue weighted by atomic mass is 16.5. The molecule has 0 spiro atoms. The fraction of sp³-hybridized carbons (Fsp3) is 0.438. The van der Waals surface area contributed by atoms with Crippen molar-refractivity contribution in [1.82, 2.24) is 4.90 Å². The average Bonchev–Trinajstić information content (AvgIpc) is 2.97. The number of hydrogen-bond donors (Lipinski definition) is 0. The van der Waals surface area contributed by atoms with E-state index in [-0.39, 0.29) is 18.4 Å². The number of hydrogen-bond acceptors (Lipinski definition) is 4. The zero-order chi connectivity index (χ0) is 15.4. The van der Waals surface area contributed by atoms with Gasteiger partial charge in [0.2, 0.25) is 11.8 Å². The first kappa shape index (κ1) is 13.8. The van der Waals surface area contributed by atoms with Crippen molar-refractivity contribution in [2.45, 2.75) is 20.4 Å². The summed E-state index contributed by atoms with van der Waals surface area (Å²) in [6.07, 6.45) is 0. The molecule has 0 N–H and O–H groups in total. The van der Waals surface area contributed by atoms with E-state index in [9.17, 15) is 14.4 Å². The molecule has 1 aromatic carbocycles. The Morgan fingerprint density at radius 3 is 2.14 bits per heavy atom. The number of carbonyl (C=O) groups is 3. The lowest BCUT2D eigenvalue weighted by Gasteiger charge is -2.21. The van der Waals surface area contributed by atoms with E-state index < -0.39 is 22.7 Å². The van der Waals surface area contributed by atoms with Crippen molar-refractivity contribution in [3.8, 4) is 0 Å². The molecule has 1 unspecified atom stereocenters. The first-order chi connectivity index (χ1) is 9.89. The summed E-state index contributed by atoms with van der Waals surface area (Å²) >= 11 is 0. The quantitative estimate of drug-likeness (QED) is 0.622. The second kappa shape index (κ2) is 4.16. The third-order valence-corrected chi connectivity index (χ3v) is 5.15. The number of esters is 1. The Bertz CT molecular complexity index is 613. The van der Waals surface area contributed by atoms with E-state index in [1.54, 1.807) is 13.8 Å². The number of carbonyl (C=O) groups excluding carboxylic acids is 3. The van der Waals surface area contributed by atoms with Crippen LogP contribution >= 0.6 is 0 Å². The van der Waals surface area contributed by atoms with Crippen LogP contribution in [0.4, 0.5) is 0 Å². The largest absolute Gasteiger partial charge is 0.469 e. The number of rotatable bonds is 3. The minimum absolute atomic E-state index is 0.248. The summed E-state index contributed by atoms with van der Waals surface area (Å²) in [5.41, 5.74) is -1.04. The normalized spacial score (nSPS) is 33.9. The lowest BCUT2D eigenvalue weighted by atomic mass is 10.00. The Kier molecular flexibility index (Phi) is 2.74. The van der Waals surface area contributed by atoms with E-state index in [1.165, 1.54) is 12.0 Å². The van der Waals surface area contributed by atoms with Crippen LogP contribution in [0.1, 0.15) is 19.4 Å². The second-order valence-corrected chi connectivity index (χ2v) is 6.04. The molecule has 0 aromatic heterocycles. The van der Waals surface area contributed by atoms with Gasteiger partial charge in [0, 0.05) is 0 Å². The molecule has 1 heterocycles. The molecule has 0 bridgehead atoms. The number of benzene rings is 1. The number of methoxy groups -OCH3 is 1. The Hall–Kier alpha value is -2.17. The Balaban J connectivity index is 1.89. The van der Waals surface area contributed by atoms with E-state index in [4.69, 9.17) is 4.74 Å². The van der Waals surface area contributed by atoms with Gasteiger partial charge >= 0.3 is 5.97 Å². The fourth-order valence-corrected chi connectivity index (χ4v) is 3.64. The van der Waals surface area contributed by atoms with Gasteiger partial charge in [-0.1, -0.05) is 30.3 Å². The van der Waals surface area contributed by atoms with Crippen molar-refractivity contribution in [3.63, 3.8) is 0 Å². The molecular weight excluding hydrogens is 270 g/mol. The molecule has 5 nitrogen and oxygen atoms in total. The van der Waals surface area contributed by atoms with Crippen LogP contribution in [0.25, 0.3) is 0 Å². The van der Waals surface area contributed by atoms with Crippen molar-refractivity contribution in [3.05, 3.63) is 35.9 Å². The predicted octanol–water partition coefficient (Wildman–Crippen LogP) is 1.37. The van der Waals surface area contributed by atoms with Crippen LogP contribution in [0, 0.1) is 16.7 Å². The van der Waals surface area contributed by atoms with Crippen LogP contribution in [-0.4, -0.2) is 29.8 Å². The summed E-state index contributed by atoms with van der Waals surface area (Å²) in [7, 11) is 1.28. The average molecular weight is 287 g/mol. The van der Waals surface area contributed by atoms with Gasteiger partial charge in [0.05, 0.1) is 30.4 Å². The Labute approximate surface area is 122 Å². The molecule has 0 radical (unpaired) electrons. The molecule has 5 heteroatoms. The van der Waals surface area contributed by atoms with Crippen LogP contribution in [-0.2, 0) is 25.7 Å². The number of amides is 2. The number of nitrogens with zero attached hydrogens (tertiary/aromatic N) is 1. The monoisotopic (exact) mass is 287 g/mol. The highest BCUT2D eigenvalue weighted by molar-refractivity contribution is 6.18. The van der Waals surface area contributed by atoms with Gasteiger partial charge in [-0.3, -0.25) is 19.3 Å². The van der Waals surface area contributed by atoms with Crippen LogP contribution in [0.2, 0.25) is 0 Å². The third-order valence-electron chi connectivity index (χ3n) is 5.15. The minimum atomic E-state index is -0.966. The Morgan fingerprint density at radius 2 is 1.67 bits per heavy atom. The molecular formula is C16H17NO4. The highest BCUT2D eigenvalue weighted by Gasteiger charge is 2.87. The number of piperidine rings is 1. The van der Waals surface area contributed by atoms with Crippen LogP contribution in [0.3, 0.4) is 0 Å². The van der Waals surface area contributed by atoms with Gasteiger partial charge in [-0.05, 0) is 19.4 Å². The van der Waals surface area contributed by atoms with Crippen molar-refractivity contribution in [2.24, 2.45) is 16.7 Å². The maximum atomic E-state index is 12.6. The maximum absolute atomic E-state index is 12.6. The molecule has 1 aliphatic heterocycles. The topological polar surface area (TPSA) is 63.7 Å². The summed E-state index contributed by atoms with van der Waals surface area (Å²) < 4.78 is 4.73. The lowest BCUT2D eigenvalue weighted by Crippen LogP contribution is -2.38. The lowest BCUT2D eigenvalue weighted by molar-refractivity contribution is -0.153. The molecule has 110 valence electrons. The van der Waals surface area contributed by atoms with Gasteiger partial charge in [0.15, 0.2) is 0 Å². The number of fused-ring (bicyclic) bond motifs is 1. The molecule has 3 atom stereocenters. The van der Waals surface area contributed by atoms with E-state index in [0.717, 1.165) is 5.56 Å². The predicted molar refractivity (Wildman–Crippen MR) is 73.7 cm³/mol. The number of likely N-dealkylation sites (tertiary alicyclic amines) is 1. The summed E-state index contributed by atoms with van der Waals surface area (Å²) in [5, 5.41) is 0. The molecule has 1 saturated heterocycles.